The van der Waals surface area contributed by atoms with Gasteiger partial charge in [0.2, 0.25) is 5.09 Å². The molecule has 0 saturated carbocycles. The molecule has 19 heavy (non-hydrogen) atoms. The average molecular weight is 284 g/mol. The van der Waals surface area contributed by atoms with Gasteiger partial charge in [0.05, 0.1) is 19.3 Å². The average Bonchev–Trinajstić information content (AvgIpc) is 2.98. The van der Waals surface area contributed by atoms with Gasteiger partial charge in [-0.1, -0.05) is 0 Å². The first kappa shape index (κ1) is 13.8. The number of aryl methyl sites for hydroxylation is 1. The second-order valence-corrected chi connectivity index (χ2v) is 5.80. The van der Waals surface area contributed by atoms with E-state index in [1.807, 2.05) is 13.1 Å². The van der Waals surface area contributed by atoms with Gasteiger partial charge in [-0.05, 0) is 24.6 Å². The fourth-order valence-electron chi connectivity index (χ4n) is 1.57. The quantitative estimate of drug-likeness (QED) is 0.790. The lowest BCUT2D eigenvalue weighted by Crippen LogP contribution is -2.27. The van der Waals surface area contributed by atoms with E-state index in [0.717, 1.165) is 5.56 Å². The van der Waals surface area contributed by atoms with Crippen LogP contribution < -0.4 is 10.5 Å². The lowest BCUT2D eigenvalue weighted by Gasteiger charge is -2.04. The fraction of sp³-hybridized carbons (Fsp3) is 0.364. The molecule has 0 unspecified atom stereocenters. The molecule has 0 atom stereocenters. The largest absolute Gasteiger partial charge is 0.447 e. The molecule has 104 valence electrons. The van der Waals surface area contributed by atoms with Crippen molar-refractivity contribution in [2.24, 2.45) is 5.73 Å². The third-order valence-corrected chi connectivity index (χ3v) is 3.83. The molecule has 8 heteroatoms. The maximum absolute atomic E-state index is 11.9. The zero-order valence-electron chi connectivity index (χ0n) is 10.5. The van der Waals surface area contributed by atoms with E-state index >= 15 is 0 Å². The Kier molecular flexibility index (Phi) is 4.03. The topological polar surface area (TPSA) is 103 Å². The zero-order valence-corrected chi connectivity index (χ0v) is 11.4. The molecule has 0 aromatic carbocycles. The van der Waals surface area contributed by atoms with Crippen LogP contribution in [0.5, 0.6) is 0 Å². The van der Waals surface area contributed by atoms with Crippen molar-refractivity contribution in [1.82, 2.24) is 14.5 Å². The highest BCUT2D eigenvalue weighted by Crippen LogP contribution is 2.12. The highest BCUT2D eigenvalue weighted by Gasteiger charge is 2.17. The lowest BCUT2D eigenvalue weighted by atomic mass is 10.4. The zero-order chi connectivity index (χ0) is 13.9. The summed E-state index contributed by atoms with van der Waals surface area (Å²) >= 11 is 0. The van der Waals surface area contributed by atoms with Crippen molar-refractivity contribution in [2.75, 3.05) is 6.54 Å². The summed E-state index contributed by atoms with van der Waals surface area (Å²) in [6, 6.07) is 2.94. The highest BCUT2D eigenvalue weighted by atomic mass is 32.2. The Balaban J connectivity index is 1.94. The Morgan fingerprint density at radius 2 is 2.26 bits per heavy atom. The van der Waals surface area contributed by atoms with Crippen LogP contribution in [0.25, 0.3) is 0 Å². The van der Waals surface area contributed by atoms with Crippen molar-refractivity contribution in [3.05, 3.63) is 35.9 Å². The van der Waals surface area contributed by atoms with Crippen LogP contribution in [-0.2, 0) is 23.1 Å². The first-order valence-electron chi connectivity index (χ1n) is 5.79. The molecule has 2 rings (SSSR count). The molecule has 0 saturated heterocycles. The lowest BCUT2D eigenvalue weighted by molar-refractivity contribution is 0.412. The van der Waals surface area contributed by atoms with E-state index in [1.165, 1.54) is 6.07 Å². The maximum Gasteiger partial charge on any atom is 0.274 e. The molecule has 7 nitrogen and oxygen atoms in total. The Morgan fingerprint density at radius 3 is 2.84 bits per heavy atom. The van der Waals surface area contributed by atoms with Crippen molar-refractivity contribution in [1.29, 1.82) is 0 Å². The first-order valence-corrected chi connectivity index (χ1v) is 7.27. The summed E-state index contributed by atoms with van der Waals surface area (Å²) in [5.41, 5.74) is 6.39. The molecule has 0 bridgehead atoms. The number of nitrogens with one attached hydrogen (secondary N) is 1. The molecule has 0 aliphatic rings. The summed E-state index contributed by atoms with van der Waals surface area (Å²) < 4.78 is 33.0. The molecule has 2 heterocycles. The van der Waals surface area contributed by atoms with Crippen molar-refractivity contribution < 1.29 is 12.8 Å². The van der Waals surface area contributed by atoms with Crippen LogP contribution in [0.4, 0.5) is 0 Å². The minimum absolute atomic E-state index is 0.121. The SMILES string of the molecule is Cc1cnn(CCNS(=O)(=O)c2ccc(CN)o2)c1. The minimum atomic E-state index is -3.63. The van der Waals surface area contributed by atoms with Crippen LogP contribution in [0.15, 0.2) is 34.0 Å². The number of hydrogen-bond donors (Lipinski definition) is 2. The predicted octanol–water partition coefficient (Wildman–Crippen LogP) is 0.222. The third-order valence-electron chi connectivity index (χ3n) is 2.50. The van der Waals surface area contributed by atoms with Gasteiger partial charge in [-0.3, -0.25) is 4.68 Å². The van der Waals surface area contributed by atoms with Crippen LogP contribution in [0, 0.1) is 6.92 Å². The van der Waals surface area contributed by atoms with E-state index < -0.39 is 10.0 Å². The molecule has 0 aliphatic heterocycles. The number of sulfonamides is 1. The van der Waals surface area contributed by atoms with Gasteiger partial charge < -0.3 is 10.2 Å². The van der Waals surface area contributed by atoms with E-state index in [2.05, 4.69) is 9.82 Å². The van der Waals surface area contributed by atoms with Crippen LogP contribution >= 0.6 is 0 Å². The fourth-order valence-corrected chi connectivity index (χ4v) is 2.53. The van der Waals surface area contributed by atoms with Gasteiger partial charge in [-0.15, -0.1) is 0 Å². The second-order valence-electron chi connectivity index (χ2n) is 4.10. The molecule has 0 aliphatic carbocycles. The van der Waals surface area contributed by atoms with Gasteiger partial charge in [0.15, 0.2) is 0 Å². The van der Waals surface area contributed by atoms with Crippen molar-refractivity contribution in [3.8, 4) is 0 Å². The molecule has 2 aromatic rings. The number of furan rings is 1. The molecular formula is C11H16N4O3S. The van der Waals surface area contributed by atoms with Crippen LogP contribution in [0.1, 0.15) is 11.3 Å². The van der Waals surface area contributed by atoms with Crippen LogP contribution in [0.2, 0.25) is 0 Å². The third kappa shape index (κ3) is 3.43. The standard InChI is InChI=1S/C11H16N4O3S/c1-9-7-13-15(8-9)5-4-14-19(16,17)11-3-2-10(6-12)18-11/h2-3,7-8,14H,4-6,12H2,1H3. The van der Waals surface area contributed by atoms with Crippen molar-refractivity contribution in [2.45, 2.75) is 25.1 Å². The molecule has 2 aromatic heterocycles. The van der Waals surface area contributed by atoms with Gasteiger partial charge in [0.25, 0.3) is 10.0 Å². The summed E-state index contributed by atoms with van der Waals surface area (Å²) in [6.07, 6.45) is 3.56. The summed E-state index contributed by atoms with van der Waals surface area (Å²) in [5, 5.41) is 3.95. The Bertz CT molecular complexity index is 644. The summed E-state index contributed by atoms with van der Waals surface area (Å²) in [7, 11) is -3.63. The summed E-state index contributed by atoms with van der Waals surface area (Å²) in [4.78, 5) is 0. The minimum Gasteiger partial charge on any atom is -0.447 e. The Morgan fingerprint density at radius 1 is 1.47 bits per heavy atom. The number of aromatic nitrogens is 2. The van der Waals surface area contributed by atoms with E-state index in [9.17, 15) is 8.42 Å². The van der Waals surface area contributed by atoms with E-state index in [0.29, 0.717) is 12.3 Å². The van der Waals surface area contributed by atoms with Gasteiger partial charge in [0.1, 0.15) is 5.76 Å². The van der Waals surface area contributed by atoms with Crippen molar-refractivity contribution in [3.63, 3.8) is 0 Å². The first-order chi connectivity index (χ1) is 9.01. The monoisotopic (exact) mass is 284 g/mol. The molecule has 0 radical (unpaired) electrons. The van der Waals surface area contributed by atoms with Crippen molar-refractivity contribution >= 4 is 10.0 Å². The number of rotatable bonds is 6. The molecule has 0 amide bonds. The maximum atomic E-state index is 11.9. The van der Waals surface area contributed by atoms with Crippen LogP contribution in [0.3, 0.4) is 0 Å². The number of hydrogen-bond acceptors (Lipinski definition) is 5. The summed E-state index contributed by atoms with van der Waals surface area (Å²) in [5.74, 6) is 0.433. The highest BCUT2D eigenvalue weighted by molar-refractivity contribution is 7.89. The summed E-state index contributed by atoms with van der Waals surface area (Å²) in [6.45, 7) is 2.78. The predicted molar refractivity (Wildman–Crippen MR) is 68.8 cm³/mol. The van der Waals surface area contributed by atoms with Gasteiger partial charge in [0, 0.05) is 12.7 Å². The van der Waals surface area contributed by atoms with E-state index in [1.54, 1.807) is 16.9 Å². The second kappa shape index (κ2) is 5.55. The van der Waals surface area contributed by atoms with E-state index in [4.69, 9.17) is 10.2 Å². The number of nitrogens with two attached hydrogens (primary N) is 1. The molecule has 3 N–H and O–H groups in total. The van der Waals surface area contributed by atoms with E-state index in [-0.39, 0.29) is 18.2 Å². The Labute approximate surface area is 111 Å². The smallest absolute Gasteiger partial charge is 0.274 e. The Hall–Kier alpha value is -1.64. The van der Waals surface area contributed by atoms with Gasteiger partial charge in [-0.25, -0.2) is 13.1 Å². The normalized spacial score (nSPS) is 11.9. The van der Waals surface area contributed by atoms with Crippen LogP contribution in [-0.4, -0.2) is 24.7 Å². The van der Waals surface area contributed by atoms with Gasteiger partial charge in [-0.2, -0.15) is 5.10 Å². The molecule has 0 fully saturated rings. The van der Waals surface area contributed by atoms with Gasteiger partial charge >= 0.3 is 0 Å². The number of nitrogens with zero attached hydrogens (tertiary/aromatic N) is 2. The molecule has 0 spiro atoms. The molecular weight excluding hydrogens is 268 g/mol.